The standard InChI is InChI=1S/C16H25N3O6/c1-11(23-2)15(21)19-14(6-5-12(20)10-18-17)16(22)25-13-4-3-8-24-9-7-13/h10-11,13-14H,3-9H2,1-2H3,(H,19,21)/t11-,13+,14+/m1/s1. The summed E-state index contributed by atoms with van der Waals surface area (Å²) in [6, 6.07) is -0.981. The smallest absolute Gasteiger partial charge is 0.328 e. The molecular weight excluding hydrogens is 330 g/mol. The number of ether oxygens (including phenoxy) is 3. The Morgan fingerprint density at radius 1 is 1.36 bits per heavy atom. The number of hydrogen-bond donors (Lipinski definition) is 1. The van der Waals surface area contributed by atoms with Crippen molar-refractivity contribution in [2.75, 3.05) is 20.3 Å². The second-order valence-electron chi connectivity index (χ2n) is 5.79. The number of rotatable bonds is 9. The summed E-state index contributed by atoms with van der Waals surface area (Å²) < 4.78 is 15.7. The van der Waals surface area contributed by atoms with E-state index in [1.54, 1.807) is 6.92 Å². The van der Waals surface area contributed by atoms with Gasteiger partial charge in [0.05, 0.1) is 6.61 Å². The lowest BCUT2D eigenvalue weighted by Gasteiger charge is -2.22. The van der Waals surface area contributed by atoms with Gasteiger partial charge < -0.3 is 25.1 Å². The van der Waals surface area contributed by atoms with Crippen LogP contribution in [0.4, 0.5) is 0 Å². The number of carbonyl (C=O) groups excluding carboxylic acids is 3. The fraction of sp³-hybridized carbons (Fsp3) is 0.750. The van der Waals surface area contributed by atoms with Gasteiger partial charge in [-0.3, -0.25) is 9.59 Å². The molecule has 9 nitrogen and oxygen atoms in total. The highest BCUT2D eigenvalue weighted by Gasteiger charge is 2.28. The van der Waals surface area contributed by atoms with Crippen molar-refractivity contribution in [3.63, 3.8) is 0 Å². The van der Waals surface area contributed by atoms with Crippen molar-refractivity contribution in [1.29, 1.82) is 0 Å². The number of methoxy groups -OCH3 is 1. The van der Waals surface area contributed by atoms with E-state index in [1.807, 2.05) is 0 Å². The van der Waals surface area contributed by atoms with Crippen LogP contribution in [0.3, 0.4) is 0 Å². The third-order valence-electron chi connectivity index (χ3n) is 3.89. The maximum absolute atomic E-state index is 12.4. The van der Waals surface area contributed by atoms with Crippen LogP contribution in [0.5, 0.6) is 0 Å². The number of hydrogen-bond acceptors (Lipinski definition) is 6. The summed E-state index contributed by atoms with van der Waals surface area (Å²) in [4.78, 5) is 38.5. The van der Waals surface area contributed by atoms with Gasteiger partial charge in [-0.15, -0.1) is 0 Å². The summed E-state index contributed by atoms with van der Waals surface area (Å²) in [7, 11) is 1.38. The molecule has 0 bridgehead atoms. The van der Waals surface area contributed by atoms with Crippen LogP contribution in [0.2, 0.25) is 0 Å². The summed E-state index contributed by atoms with van der Waals surface area (Å²) in [5, 5.41) is 2.54. The topological polar surface area (TPSA) is 127 Å². The average Bonchev–Trinajstić information content (AvgIpc) is 2.86. The molecule has 0 radical (unpaired) electrons. The minimum atomic E-state index is -0.981. The molecule has 1 fully saturated rings. The molecule has 0 aromatic heterocycles. The van der Waals surface area contributed by atoms with Crippen LogP contribution in [0, 0.1) is 0 Å². The Hall–Kier alpha value is -2.09. The highest BCUT2D eigenvalue weighted by Crippen LogP contribution is 2.14. The van der Waals surface area contributed by atoms with E-state index in [-0.39, 0.29) is 18.9 Å². The van der Waals surface area contributed by atoms with E-state index < -0.39 is 29.8 Å². The zero-order chi connectivity index (χ0) is 18.7. The van der Waals surface area contributed by atoms with E-state index in [4.69, 9.17) is 19.7 Å². The Morgan fingerprint density at radius 2 is 2.12 bits per heavy atom. The molecule has 25 heavy (non-hydrogen) atoms. The van der Waals surface area contributed by atoms with Crippen LogP contribution in [0.1, 0.15) is 39.0 Å². The van der Waals surface area contributed by atoms with Crippen LogP contribution < -0.4 is 5.32 Å². The molecule has 0 unspecified atom stereocenters. The first kappa shape index (κ1) is 21.0. The molecule has 1 rings (SSSR count). The predicted molar refractivity (Wildman–Crippen MR) is 86.9 cm³/mol. The first-order valence-corrected chi connectivity index (χ1v) is 8.29. The lowest BCUT2D eigenvalue weighted by Crippen LogP contribution is -2.47. The fourth-order valence-corrected chi connectivity index (χ4v) is 2.30. The molecular formula is C16H25N3O6. The van der Waals surface area contributed by atoms with Crippen molar-refractivity contribution >= 4 is 23.9 Å². The summed E-state index contributed by atoms with van der Waals surface area (Å²) in [6.45, 7) is 2.69. The Balaban J connectivity index is 2.69. The van der Waals surface area contributed by atoms with E-state index in [0.717, 1.165) is 12.6 Å². The molecule has 0 aromatic rings. The number of carbonyl (C=O) groups is 3. The molecule has 0 spiro atoms. The number of Topliss-reactive ketones (excluding diaryl/α,β-unsaturated/α-hetero) is 1. The number of nitrogens with one attached hydrogen (secondary N) is 1. The zero-order valence-electron chi connectivity index (χ0n) is 14.6. The van der Waals surface area contributed by atoms with Crippen LogP contribution in [-0.4, -0.2) is 67.2 Å². The Bertz CT molecular complexity index is 510. The molecule has 1 saturated heterocycles. The normalized spacial score (nSPS) is 19.7. The molecule has 1 aliphatic rings. The zero-order valence-corrected chi connectivity index (χ0v) is 14.6. The highest BCUT2D eigenvalue weighted by atomic mass is 16.5. The minimum Gasteiger partial charge on any atom is -0.461 e. The van der Waals surface area contributed by atoms with E-state index in [9.17, 15) is 14.4 Å². The van der Waals surface area contributed by atoms with E-state index >= 15 is 0 Å². The summed E-state index contributed by atoms with van der Waals surface area (Å²) in [6.07, 6.45) is 1.79. The van der Waals surface area contributed by atoms with Crippen LogP contribution in [-0.2, 0) is 28.6 Å². The van der Waals surface area contributed by atoms with Gasteiger partial charge in [0, 0.05) is 26.6 Å². The maximum Gasteiger partial charge on any atom is 0.328 e. The fourth-order valence-electron chi connectivity index (χ4n) is 2.30. The number of amides is 1. The number of ketones is 1. The lowest BCUT2D eigenvalue weighted by molar-refractivity contribution is -0.154. The molecule has 9 heteroatoms. The van der Waals surface area contributed by atoms with Crippen molar-refractivity contribution in [3.8, 4) is 0 Å². The highest BCUT2D eigenvalue weighted by molar-refractivity contribution is 6.25. The number of nitrogens with zero attached hydrogens (tertiary/aromatic N) is 2. The van der Waals surface area contributed by atoms with Gasteiger partial charge in [0.15, 0.2) is 0 Å². The third-order valence-corrected chi connectivity index (χ3v) is 3.89. The lowest BCUT2D eigenvalue weighted by atomic mass is 10.1. The van der Waals surface area contributed by atoms with E-state index in [0.29, 0.717) is 26.1 Å². The van der Waals surface area contributed by atoms with Crippen LogP contribution in [0.15, 0.2) is 0 Å². The molecule has 0 aliphatic carbocycles. The summed E-state index contributed by atoms with van der Waals surface area (Å²) in [5.41, 5.74) is 8.36. The Morgan fingerprint density at radius 3 is 2.80 bits per heavy atom. The first-order chi connectivity index (χ1) is 12.0. The van der Waals surface area contributed by atoms with E-state index in [1.165, 1.54) is 7.11 Å². The van der Waals surface area contributed by atoms with Gasteiger partial charge in [-0.1, -0.05) is 0 Å². The quantitative estimate of drug-likeness (QED) is 0.274. The first-order valence-electron chi connectivity index (χ1n) is 8.29. The summed E-state index contributed by atoms with van der Waals surface area (Å²) >= 11 is 0. The molecule has 1 aliphatic heterocycles. The predicted octanol–water partition coefficient (Wildman–Crippen LogP) is 0.268. The third kappa shape index (κ3) is 8.02. The van der Waals surface area contributed by atoms with Crippen molar-refractivity contribution in [2.45, 2.75) is 57.3 Å². The molecule has 140 valence electrons. The van der Waals surface area contributed by atoms with Gasteiger partial charge in [0.2, 0.25) is 11.7 Å². The number of esters is 1. The molecule has 1 N–H and O–H groups in total. The van der Waals surface area contributed by atoms with Crippen LogP contribution >= 0.6 is 0 Å². The monoisotopic (exact) mass is 355 g/mol. The van der Waals surface area contributed by atoms with Crippen molar-refractivity contribution < 1.29 is 33.4 Å². The minimum absolute atomic E-state index is 0.0368. The SMILES string of the molecule is CO[C@H](C)C(=O)N[C@@H](CCC(=O)C=[N+]=[N-])C(=O)O[C@H]1CCCOCC1. The Labute approximate surface area is 146 Å². The Kier molecular flexibility index (Phi) is 9.61. The van der Waals surface area contributed by atoms with Gasteiger partial charge in [0.1, 0.15) is 18.2 Å². The van der Waals surface area contributed by atoms with Gasteiger partial charge in [-0.05, 0) is 26.2 Å². The second-order valence-corrected chi connectivity index (χ2v) is 5.79. The van der Waals surface area contributed by atoms with Crippen molar-refractivity contribution in [3.05, 3.63) is 5.53 Å². The van der Waals surface area contributed by atoms with Gasteiger partial charge in [-0.2, -0.15) is 4.79 Å². The summed E-state index contributed by atoms with van der Waals surface area (Å²) in [5.74, 6) is -1.54. The largest absolute Gasteiger partial charge is 0.461 e. The average molecular weight is 355 g/mol. The van der Waals surface area contributed by atoms with Gasteiger partial charge in [0.25, 0.3) is 0 Å². The van der Waals surface area contributed by atoms with E-state index in [2.05, 4.69) is 10.1 Å². The molecule has 3 atom stereocenters. The van der Waals surface area contributed by atoms with Crippen LogP contribution in [0.25, 0.3) is 5.53 Å². The van der Waals surface area contributed by atoms with Gasteiger partial charge >= 0.3 is 12.2 Å². The van der Waals surface area contributed by atoms with Crippen molar-refractivity contribution in [2.24, 2.45) is 0 Å². The molecule has 0 saturated carbocycles. The molecule has 1 amide bonds. The molecule has 0 aromatic carbocycles. The van der Waals surface area contributed by atoms with Gasteiger partial charge in [-0.25, -0.2) is 4.79 Å². The second kappa shape index (κ2) is 11.5. The van der Waals surface area contributed by atoms with Crippen molar-refractivity contribution in [1.82, 2.24) is 5.32 Å². The maximum atomic E-state index is 12.4. The molecule has 1 heterocycles.